The third kappa shape index (κ3) is 4.45. The van der Waals surface area contributed by atoms with Crippen molar-refractivity contribution in [3.05, 3.63) is 35.9 Å². The van der Waals surface area contributed by atoms with E-state index in [0.717, 1.165) is 18.7 Å². The van der Waals surface area contributed by atoms with Gasteiger partial charge >= 0.3 is 0 Å². The van der Waals surface area contributed by atoms with Gasteiger partial charge in [0.25, 0.3) is 0 Å². The summed E-state index contributed by atoms with van der Waals surface area (Å²) in [5, 5.41) is 6.11. The first-order valence-corrected chi connectivity index (χ1v) is 5.79. The van der Waals surface area contributed by atoms with Crippen LogP contribution in [0.5, 0.6) is 0 Å². The molecular weight excluding hydrogens is 200 g/mol. The first kappa shape index (κ1) is 12.7. The summed E-state index contributed by atoms with van der Waals surface area (Å²) in [7, 11) is 0. The highest BCUT2D eigenvalue weighted by atomic mass is 16.1. The molecule has 1 amide bonds. The number of benzene rings is 1. The minimum absolute atomic E-state index is 0.0790. The molecule has 0 heterocycles. The first-order chi connectivity index (χ1) is 7.74. The van der Waals surface area contributed by atoms with Crippen LogP contribution < -0.4 is 10.6 Å². The van der Waals surface area contributed by atoms with Crippen molar-refractivity contribution in [2.45, 2.75) is 26.3 Å². The van der Waals surface area contributed by atoms with Crippen LogP contribution in [0.1, 0.15) is 31.9 Å². The Balaban J connectivity index is 2.34. The quantitative estimate of drug-likeness (QED) is 0.718. The number of rotatable bonds is 6. The molecule has 0 aliphatic rings. The molecule has 16 heavy (non-hydrogen) atoms. The molecule has 0 saturated heterocycles. The lowest BCUT2D eigenvalue weighted by Crippen LogP contribution is -2.29. The maximum atomic E-state index is 11.6. The summed E-state index contributed by atoms with van der Waals surface area (Å²) in [6.45, 7) is 5.68. The molecule has 0 aliphatic heterocycles. The van der Waals surface area contributed by atoms with Crippen LogP contribution in [-0.4, -0.2) is 19.0 Å². The monoisotopic (exact) mass is 220 g/mol. The highest BCUT2D eigenvalue weighted by Crippen LogP contribution is 2.10. The summed E-state index contributed by atoms with van der Waals surface area (Å²) in [5.74, 6) is 0.0947. The predicted molar refractivity (Wildman–Crippen MR) is 66.2 cm³/mol. The second-order valence-corrected chi connectivity index (χ2v) is 3.80. The lowest BCUT2D eigenvalue weighted by Gasteiger charge is -2.14. The van der Waals surface area contributed by atoms with E-state index in [9.17, 15) is 4.79 Å². The molecule has 0 bridgehead atoms. The molecular formula is C13H20N2O. The first-order valence-electron chi connectivity index (χ1n) is 5.79. The second kappa shape index (κ2) is 7.01. The largest absolute Gasteiger partial charge is 0.350 e. The fourth-order valence-electron chi connectivity index (χ4n) is 1.52. The summed E-state index contributed by atoms with van der Waals surface area (Å²) in [4.78, 5) is 11.6. The number of hydrogen-bond donors (Lipinski definition) is 2. The van der Waals surface area contributed by atoms with Crippen LogP contribution in [0.3, 0.4) is 0 Å². The molecule has 0 spiro atoms. The SMILES string of the molecule is CCNCCC(=O)N[C@@H](C)c1ccccc1. The van der Waals surface area contributed by atoms with Crippen molar-refractivity contribution >= 4 is 5.91 Å². The van der Waals surface area contributed by atoms with Crippen LogP contribution >= 0.6 is 0 Å². The Hall–Kier alpha value is -1.35. The molecule has 0 unspecified atom stereocenters. The van der Waals surface area contributed by atoms with E-state index in [-0.39, 0.29) is 11.9 Å². The number of amides is 1. The molecule has 3 nitrogen and oxygen atoms in total. The fourth-order valence-corrected chi connectivity index (χ4v) is 1.52. The lowest BCUT2D eigenvalue weighted by atomic mass is 10.1. The Morgan fingerprint density at radius 1 is 1.31 bits per heavy atom. The van der Waals surface area contributed by atoms with E-state index in [4.69, 9.17) is 0 Å². The van der Waals surface area contributed by atoms with Crippen molar-refractivity contribution in [3.8, 4) is 0 Å². The van der Waals surface area contributed by atoms with Gasteiger partial charge in [-0.15, -0.1) is 0 Å². The van der Waals surface area contributed by atoms with E-state index in [1.54, 1.807) is 0 Å². The highest BCUT2D eigenvalue weighted by molar-refractivity contribution is 5.76. The molecule has 0 fully saturated rings. The Labute approximate surface area is 97.2 Å². The van der Waals surface area contributed by atoms with E-state index in [1.165, 1.54) is 0 Å². The van der Waals surface area contributed by atoms with Gasteiger partial charge in [0.2, 0.25) is 5.91 Å². The Bertz CT molecular complexity index is 311. The fraction of sp³-hybridized carbons (Fsp3) is 0.462. The second-order valence-electron chi connectivity index (χ2n) is 3.80. The average Bonchev–Trinajstić information content (AvgIpc) is 2.30. The van der Waals surface area contributed by atoms with E-state index in [1.807, 2.05) is 44.2 Å². The zero-order chi connectivity index (χ0) is 11.8. The van der Waals surface area contributed by atoms with Gasteiger partial charge in [-0.05, 0) is 19.0 Å². The van der Waals surface area contributed by atoms with Crippen LogP contribution in [-0.2, 0) is 4.79 Å². The molecule has 1 rings (SSSR count). The molecule has 3 heteroatoms. The number of nitrogens with one attached hydrogen (secondary N) is 2. The van der Waals surface area contributed by atoms with Crippen molar-refractivity contribution < 1.29 is 4.79 Å². The number of carbonyl (C=O) groups excluding carboxylic acids is 1. The predicted octanol–water partition coefficient (Wildman–Crippen LogP) is 1.86. The van der Waals surface area contributed by atoms with Gasteiger partial charge in [-0.3, -0.25) is 4.79 Å². The Morgan fingerprint density at radius 3 is 2.62 bits per heavy atom. The summed E-state index contributed by atoms with van der Waals surface area (Å²) in [6.07, 6.45) is 0.533. The lowest BCUT2D eigenvalue weighted by molar-refractivity contribution is -0.121. The van der Waals surface area contributed by atoms with E-state index >= 15 is 0 Å². The molecule has 0 aliphatic carbocycles. The van der Waals surface area contributed by atoms with Gasteiger partial charge in [-0.25, -0.2) is 0 Å². The molecule has 1 aromatic rings. The van der Waals surface area contributed by atoms with Gasteiger partial charge in [0.15, 0.2) is 0 Å². The third-order valence-electron chi connectivity index (χ3n) is 2.46. The van der Waals surface area contributed by atoms with Gasteiger partial charge in [0.05, 0.1) is 6.04 Å². The minimum atomic E-state index is 0.0790. The Morgan fingerprint density at radius 2 is 2.00 bits per heavy atom. The van der Waals surface area contributed by atoms with Crippen molar-refractivity contribution in [2.24, 2.45) is 0 Å². The summed E-state index contributed by atoms with van der Waals surface area (Å²) >= 11 is 0. The molecule has 1 atom stereocenters. The van der Waals surface area contributed by atoms with Crippen molar-refractivity contribution in [2.75, 3.05) is 13.1 Å². The standard InChI is InChI=1S/C13H20N2O/c1-3-14-10-9-13(16)15-11(2)12-7-5-4-6-8-12/h4-8,11,14H,3,9-10H2,1-2H3,(H,15,16)/t11-/m0/s1. The van der Waals surface area contributed by atoms with Crippen LogP contribution in [0, 0.1) is 0 Å². The Kier molecular flexibility index (Phi) is 5.57. The topological polar surface area (TPSA) is 41.1 Å². The zero-order valence-corrected chi connectivity index (χ0v) is 9.99. The third-order valence-corrected chi connectivity index (χ3v) is 2.46. The van der Waals surface area contributed by atoms with Gasteiger partial charge < -0.3 is 10.6 Å². The van der Waals surface area contributed by atoms with Crippen LogP contribution in [0.2, 0.25) is 0 Å². The molecule has 0 saturated carbocycles. The summed E-state index contributed by atoms with van der Waals surface area (Å²) < 4.78 is 0. The normalized spacial score (nSPS) is 12.1. The van der Waals surface area contributed by atoms with Gasteiger partial charge in [-0.1, -0.05) is 37.3 Å². The number of carbonyl (C=O) groups is 1. The molecule has 0 radical (unpaired) electrons. The average molecular weight is 220 g/mol. The van der Waals surface area contributed by atoms with Gasteiger partial charge in [0.1, 0.15) is 0 Å². The van der Waals surface area contributed by atoms with Crippen LogP contribution in [0.15, 0.2) is 30.3 Å². The summed E-state index contributed by atoms with van der Waals surface area (Å²) in [5.41, 5.74) is 1.14. The van der Waals surface area contributed by atoms with Crippen LogP contribution in [0.25, 0.3) is 0 Å². The van der Waals surface area contributed by atoms with E-state index < -0.39 is 0 Å². The van der Waals surface area contributed by atoms with E-state index in [0.29, 0.717) is 6.42 Å². The highest BCUT2D eigenvalue weighted by Gasteiger charge is 2.07. The maximum absolute atomic E-state index is 11.6. The molecule has 2 N–H and O–H groups in total. The van der Waals surface area contributed by atoms with Crippen molar-refractivity contribution in [1.82, 2.24) is 10.6 Å². The minimum Gasteiger partial charge on any atom is -0.350 e. The van der Waals surface area contributed by atoms with Gasteiger partial charge in [-0.2, -0.15) is 0 Å². The summed E-state index contributed by atoms with van der Waals surface area (Å²) in [6, 6.07) is 10.1. The molecule has 0 aromatic heterocycles. The molecule has 88 valence electrons. The molecule has 1 aromatic carbocycles. The zero-order valence-electron chi connectivity index (χ0n) is 9.99. The van der Waals surface area contributed by atoms with Crippen molar-refractivity contribution in [1.29, 1.82) is 0 Å². The van der Waals surface area contributed by atoms with Crippen LogP contribution in [0.4, 0.5) is 0 Å². The van der Waals surface area contributed by atoms with Gasteiger partial charge in [0, 0.05) is 13.0 Å². The van der Waals surface area contributed by atoms with E-state index in [2.05, 4.69) is 10.6 Å². The van der Waals surface area contributed by atoms with Crippen molar-refractivity contribution in [3.63, 3.8) is 0 Å². The maximum Gasteiger partial charge on any atom is 0.221 e. The number of hydrogen-bond acceptors (Lipinski definition) is 2. The smallest absolute Gasteiger partial charge is 0.221 e.